The minimum Gasteiger partial charge on any atom is -0.444 e. The number of rotatable bonds is 8. The van der Waals surface area contributed by atoms with E-state index in [2.05, 4.69) is 10.6 Å². The first-order chi connectivity index (χ1) is 17.3. The summed E-state index contributed by atoms with van der Waals surface area (Å²) in [6.45, 7) is 4.93. The largest absolute Gasteiger partial charge is 0.444 e. The molecular formula is C26H29ClF3N3O4. The van der Waals surface area contributed by atoms with E-state index < -0.39 is 60.2 Å². The van der Waals surface area contributed by atoms with Gasteiger partial charge in [0.25, 0.3) is 5.92 Å². The Morgan fingerprint density at radius 3 is 2.41 bits per heavy atom. The maximum atomic E-state index is 14.2. The average Bonchev–Trinajstić information content (AvgIpc) is 2.75. The molecular weight excluding hydrogens is 511 g/mol. The van der Waals surface area contributed by atoms with E-state index in [0.717, 1.165) is 11.0 Å². The molecule has 3 amide bonds. The third-order valence-electron chi connectivity index (χ3n) is 5.50. The highest BCUT2D eigenvalue weighted by molar-refractivity contribution is 6.31. The van der Waals surface area contributed by atoms with Gasteiger partial charge in [-0.05, 0) is 45.0 Å². The Bertz CT molecular complexity index is 1150. The van der Waals surface area contributed by atoms with E-state index in [1.807, 2.05) is 0 Å². The molecule has 0 aromatic heterocycles. The lowest BCUT2D eigenvalue weighted by Crippen LogP contribution is -2.54. The summed E-state index contributed by atoms with van der Waals surface area (Å²) >= 11 is 6.38. The minimum absolute atomic E-state index is 0.0567. The van der Waals surface area contributed by atoms with Crippen LogP contribution in [0.4, 0.5) is 23.7 Å². The summed E-state index contributed by atoms with van der Waals surface area (Å²) < 4.78 is 46.2. The Morgan fingerprint density at radius 2 is 1.81 bits per heavy atom. The molecule has 0 spiro atoms. The number of carbonyl (C=O) groups is 3. The second-order valence-corrected chi connectivity index (χ2v) is 10.2. The molecule has 37 heavy (non-hydrogen) atoms. The van der Waals surface area contributed by atoms with E-state index in [9.17, 15) is 27.6 Å². The number of carbonyl (C=O) groups excluding carboxylic acids is 3. The SMILES string of the molecule is CC(C)(C)OC(=O)NCCC(=O)N(c1cccc(F)c1)C(C(=O)NC1CC(F)(F)C1)c1ccccc1Cl. The summed E-state index contributed by atoms with van der Waals surface area (Å²) in [5.74, 6) is -4.91. The van der Waals surface area contributed by atoms with Gasteiger partial charge in [0, 0.05) is 48.1 Å². The van der Waals surface area contributed by atoms with Crippen molar-refractivity contribution in [3.63, 3.8) is 0 Å². The Balaban J connectivity index is 1.92. The number of nitrogens with one attached hydrogen (secondary N) is 2. The van der Waals surface area contributed by atoms with Gasteiger partial charge < -0.3 is 15.4 Å². The zero-order chi connectivity index (χ0) is 27.4. The smallest absolute Gasteiger partial charge is 0.407 e. The van der Waals surface area contributed by atoms with Crippen LogP contribution < -0.4 is 15.5 Å². The maximum absolute atomic E-state index is 14.2. The van der Waals surface area contributed by atoms with E-state index in [0.29, 0.717) is 0 Å². The van der Waals surface area contributed by atoms with Crippen molar-refractivity contribution < 1.29 is 32.3 Å². The fourth-order valence-corrected chi connectivity index (χ4v) is 4.15. The van der Waals surface area contributed by atoms with E-state index in [1.165, 1.54) is 30.3 Å². The quantitative estimate of drug-likeness (QED) is 0.471. The predicted octanol–water partition coefficient (Wildman–Crippen LogP) is 5.38. The van der Waals surface area contributed by atoms with Crippen LogP contribution in [0.1, 0.15) is 51.6 Å². The molecule has 1 unspecified atom stereocenters. The van der Waals surface area contributed by atoms with E-state index >= 15 is 0 Å². The molecule has 0 aliphatic heterocycles. The van der Waals surface area contributed by atoms with Gasteiger partial charge in [-0.2, -0.15) is 0 Å². The number of amides is 3. The average molecular weight is 540 g/mol. The number of ether oxygens (including phenoxy) is 1. The van der Waals surface area contributed by atoms with Crippen molar-refractivity contribution in [1.82, 2.24) is 10.6 Å². The summed E-state index contributed by atoms with van der Waals surface area (Å²) in [4.78, 5) is 40.0. The molecule has 0 saturated heterocycles. The van der Waals surface area contributed by atoms with Crippen LogP contribution in [-0.2, 0) is 14.3 Å². The molecule has 0 bridgehead atoms. The third-order valence-corrected chi connectivity index (χ3v) is 5.85. The molecule has 1 aliphatic carbocycles. The second kappa shape index (κ2) is 11.4. The van der Waals surface area contributed by atoms with Gasteiger partial charge in [-0.1, -0.05) is 35.9 Å². The first-order valence-electron chi connectivity index (χ1n) is 11.7. The fourth-order valence-electron chi connectivity index (χ4n) is 3.91. The summed E-state index contributed by atoms with van der Waals surface area (Å²) in [6.07, 6.45) is -2.06. The summed E-state index contributed by atoms with van der Waals surface area (Å²) in [6, 6.07) is 9.18. The molecule has 1 atom stereocenters. The number of hydrogen-bond acceptors (Lipinski definition) is 4. The van der Waals surface area contributed by atoms with Crippen LogP contribution in [0.3, 0.4) is 0 Å². The van der Waals surface area contributed by atoms with Crippen LogP contribution in [0.15, 0.2) is 48.5 Å². The summed E-state index contributed by atoms with van der Waals surface area (Å²) in [5, 5.41) is 5.19. The molecule has 3 rings (SSSR count). The molecule has 11 heteroatoms. The molecule has 2 N–H and O–H groups in total. The fraction of sp³-hybridized carbons (Fsp3) is 0.423. The molecule has 1 aliphatic rings. The van der Waals surface area contributed by atoms with Crippen molar-refractivity contribution in [2.75, 3.05) is 11.4 Å². The second-order valence-electron chi connectivity index (χ2n) is 9.82. The highest BCUT2D eigenvalue weighted by Gasteiger charge is 2.47. The molecule has 0 radical (unpaired) electrons. The maximum Gasteiger partial charge on any atom is 0.407 e. The van der Waals surface area contributed by atoms with Crippen LogP contribution in [0.5, 0.6) is 0 Å². The van der Waals surface area contributed by atoms with Gasteiger partial charge in [0.2, 0.25) is 11.8 Å². The lowest BCUT2D eigenvalue weighted by Gasteiger charge is -2.38. The standard InChI is InChI=1S/C26H29ClF3N3O4/c1-25(2,3)37-24(36)31-12-11-21(34)33(18-8-6-7-16(28)13-18)22(19-9-4-5-10-20(19)27)23(35)32-17-14-26(29,30)15-17/h4-10,13,17,22H,11-12,14-15H2,1-3H3,(H,31,36)(H,32,35). The molecule has 1 saturated carbocycles. The van der Waals surface area contributed by atoms with Crippen molar-refractivity contribution in [2.24, 2.45) is 0 Å². The zero-order valence-corrected chi connectivity index (χ0v) is 21.4. The topological polar surface area (TPSA) is 87.7 Å². The normalized spacial score (nSPS) is 15.8. The first-order valence-corrected chi connectivity index (χ1v) is 12.1. The van der Waals surface area contributed by atoms with E-state index in [1.54, 1.807) is 32.9 Å². The van der Waals surface area contributed by atoms with Crippen molar-refractivity contribution in [3.05, 3.63) is 64.9 Å². The molecule has 7 nitrogen and oxygen atoms in total. The van der Waals surface area contributed by atoms with Crippen LogP contribution >= 0.6 is 11.6 Å². The third kappa shape index (κ3) is 7.85. The number of nitrogens with zero attached hydrogens (tertiary/aromatic N) is 1. The highest BCUT2D eigenvalue weighted by atomic mass is 35.5. The van der Waals surface area contributed by atoms with Crippen LogP contribution in [0.25, 0.3) is 0 Å². The highest BCUT2D eigenvalue weighted by Crippen LogP contribution is 2.39. The van der Waals surface area contributed by atoms with Gasteiger partial charge in [-0.25, -0.2) is 18.0 Å². The first kappa shape index (κ1) is 28.3. The number of halogens is 4. The summed E-state index contributed by atoms with van der Waals surface area (Å²) in [5.41, 5.74) is -0.459. The number of benzene rings is 2. The molecule has 0 heterocycles. The molecule has 1 fully saturated rings. The van der Waals surface area contributed by atoms with Crippen molar-refractivity contribution in [3.8, 4) is 0 Å². The van der Waals surface area contributed by atoms with E-state index in [4.69, 9.17) is 16.3 Å². The number of hydrogen-bond donors (Lipinski definition) is 2. The number of alkyl carbamates (subject to hydrolysis) is 1. The van der Waals surface area contributed by atoms with Crippen LogP contribution in [-0.4, -0.2) is 42.0 Å². The van der Waals surface area contributed by atoms with Gasteiger partial charge in [0.15, 0.2) is 0 Å². The predicted molar refractivity (Wildman–Crippen MR) is 133 cm³/mol. The Morgan fingerprint density at radius 1 is 1.14 bits per heavy atom. The Hall–Kier alpha value is -3.27. The lowest BCUT2D eigenvalue weighted by atomic mass is 9.87. The van der Waals surface area contributed by atoms with Crippen molar-refractivity contribution in [2.45, 2.75) is 63.6 Å². The number of anilines is 1. The summed E-state index contributed by atoms with van der Waals surface area (Å²) in [7, 11) is 0. The Labute approximate surface area is 218 Å². The van der Waals surface area contributed by atoms with E-state index in [-0.39, 0.29) is 29.2 Å². The van der Waals surface area contributed by atoms with Gasteiger partial charge in [0.1, 0.15) is 17.5 Å². The molecule has 2 aromatic carbocycles. The number of alkyl halides is 2. The lowest BCUT2D eigenvalue weighted by molar-refractivity contribution is -0.132. The van der Waals surface area contributed by atoms with Gasteiger partial charge >= 0.3 is 6.09 Å². The monoisotopic (exact) mass is 539 g/mol. The van der Waals surface area contributed by atoms with Crippen LogP contribution in [0, 0.1) is 5.82 Å². The van der Waals surface area contributed by atoms with Gasteiger partial charge in [0.05, 0.1) is 0 Å². The van der Waals surface area contributed by atoms with Crippen molar-refractivity contribution >= 4 is 35.2 Å². The Kier molecular flexibility index (Phi) is 8.73. The van der Waals surface area contributed by atoms with Gasteiger partial charge in [-0.15, -0.1) is 0 Å². The van der Waals surface area contributed by atoms with Crippen molar-refractivity contribution in [1.29, 1.82) is 0 Å². The molecule has 200 valence electrons. The minimum atomic E-state index is -2.87. The molecule has 2 aromatic rings. The zero-order valence-electron chi connectivity index (χ0n) is 20.7. The van der Waals surface area contributed by atoms with Crippen LogP contribution in [0.2, 0.25) is 5.02 Å². The van der Waals surface area contributed by atoms with Gasteiger partial charge in [-0.3, -0.25) is 14.5 Å².